The Bertz CT molecular complexity index is 517. The summed E-state index contributed by atoms with van der Waals surface area (Å²) >= 11 is 5.98. The van der Waals surface area contributed by atoms with Crippen molar-refractivity contribution in [3.63, 3.8) is 0 Å². The van der Waals surface area contributed by atoms with Gasteiger partial charge in [-0.1, -0.05) is 15.9 Å². The van der Waals surface area contributed by atoms with Gasteiger partial charge in [0, 0.05) is 4.47 Å². The molecular weight excluding hydrogens is 382 g/mol. The summed E-state index contributed by atoms with van der Waals surface area (Å²) in [4.78, 5) is 21.5. The molecule has 8 heteroatoms. The number of ketones is 1. The molecule has 0 heterocycles. The average Bonchev–Trinajstić information content (AvgIpc) is 2.21. The van der Waals surface area contributed by atoms with E-state index in [-0.39, 0.29) is 10.0 Å². The van der Waals surface area contributed by atoms with Crippen molar-refractivity contribution in [1.82, 2.24) is 0 Å². The maximum absolute atomic E-state index is 12.9. The van der Waals surface area contributed by atoms with Crippen molar-refractivity contribution in [1.29, 1.82) is 0 Å². The van der Waals surface area contributed by atoms with Crippen molar-refractivity contribution >= 4 is 43.6 Å². The van der Waals surface area contributed by atoms with E-state index in [1.54, 1.807) is 0 Å². The van der Waals surface area contributed by atoms with E-state index in [9.17, 15) is 23.5 Å². The molecule has 4 nitrogen and oxygen atoms in total. The first kappa shape index (κ1) is 15.0. The fourth-order valence-corrected chi connectivity index (χ4v) is 2.40. The van der Waals surface area contributed by atoms with Gasteiger partial charge >= 0.3 is 6.11 Å². The number of hydrogen-bond acceptors (Lipinski definition) is 4. The van der Waals surface area contributed by atoms with Crippen molar-refractivity contribution in [3.8, 4) is 5.75 Å². The van der Waals surface area contributed by atoms with Crippen molar-refractivity contribution in [3.05, 3.63) is 26.6 Å². The second-order valence-electron chi connectivity index (χ2n) is 3.23. The van der Waals surface area contributed by atoms with E-state index in [0.717, 1.165) is 6.92 Å². The number of rotatable bonds is 4. The van der Waals surface area contributed by atoms with Crippen LogP contribution in [-0.2, 0) is 4.79 Å². The van der Waals surface area contributed by atoms with Gasteiger partial charge in [-0.05, 0) is 35.0 Å². The lowest BCUT2D eigenvalue weighted by atomic mass is 10.1. The van der Waals surface area contributed by atoms with Crippen LogP contribution in [-0.4, -0.2) is 17.9 Å². The predicted octanol–water partition coefficient (Wildman–Crippen LogP) is 2.14. The van der Waals surface area contributed by atoms with Crippen molar-refractivity contribution in [2.24, 2.45) is 0 Å². The highest BCUT2D eigenvalue weighted by Gasteiger charge is 2.36. The Balaban J connectivity index is 3.32. The number of carbonyl (C=O) groups excluding carboxylic acids is 2. The highest BCUT2D eigenvalue weighted by molar-refractivity contribution is 9.11. The van der Waals surface area contributed by atoms with E-state index in [1.807, 2.05) is 0 Å². The van der Waals surface area contributed by atoms with Gasteiger partial charge in [-0.3, -0.25) is 4.79 Å². The average molecular weight is 387 g/mol. The van der Waals surface area contributed by atoms with Gasteiger partial charge in [-0.15, -0.1) is 0 Å². The molecule has 0 atom stereocenters. The number of benzene rings is 1. The lowest BCUT2D eigenvalue weighted by Gasteiger charge is -2.21. The molecule has 1 aromatic rings. The lowest BCUT2D eigenvalue weighted by molar-refractivity contribution is -0.350. The number of halogens is 4. The lowest BCUT2D eigenvalue weighted by Crippen LogP contribution is -2.46. The molecule has 0 radical (unpaired) electrons. The molecule has 18 heavy (non-hydrogen) atoms. The van der Waals surface area contributed by atoms with Crippen LogP contribution in [0.25, 0.3) is 0 Å². The molecule has 0 aliphatic carbocycles. The Morgan fingerprint density at radius 1 is 1.33 bits per heavy atom. The molecule has 0 bridgehead atoms. The van der Waals surface area contributed by atoms with Gasteiger partial charge in [0.2, 0.25) is 0 Å². The minimum atomic E-state index is -4.53. The Kier molecular flexibility index (Phi) is 4.44. The van der Waals surface area contributed by atoms with E-state index < -0.39 is 23.6 Å². The van der Waals surface area contributed by atoms with Crippen LogP contribution in [0.2, 0.25) is 0 Å². The van der Waals surface area contributed by atoms with Crippen molar-refractivity contribution in [2.75, 3.05) is 0 Å². The highest BCUT2D eigenvalue weighted by atomic mass is 79.9. The summed E-state index contributed by atoms with van der Waals surface area (Å²) in [6.07, 6.45) is -4.53. The SMILES string of the molecule is CC(=O)c1cc(Br)cc(Br)c1OC(F)(F)C(=O)[O-]. The van der Waals surface area contributed by atoms with Crippen LogP contribution in [0.5, 0.6) is 5.75 Å². The summed E-state index contributed by atoms with van der Waals surface area (Å²) < 4.78 is 30.4. The Morgan fingerprint density at radius 3 is 2.33 bits per heavy atom. The molecule has 0 saturated carbocycles. The number of hydrogen-bond donors (Lipinski definition) is 0. The van der Waals surface area contributed by atoms with Gasteiger partial charge in [0.25, 0.3) is 0 Å². The summed E-state index contributed by atoms with van der Waals surface area (Å²) in [5.74, 6) is -3.80. The minimum absolute atomic E-state index is 0.0167. The molecule has 0 fully saturated rings. The smallest absolute Gasteiger partial charge is 0.441 e. The minimum Gasteiger partial charge on any atom is -0.541 e. The van der Waals surface area contributed by atoms with Gasteiger partial charge in [0.05, 0.1) is 10.0 Å². The number of ether oxygens (including phenoxy) is 1. The Morgan fingerprint density at radius 2 is 1.89 bits per heavy atom. The van der Waals surface area contributed by atoms with Gasteiger partial charge in [-0.2, -0.15) is 8.78 Å². The zero-order valence-electron chi connectivity index (χ0n) is 8.80. The first-order chi connectivity index (χ1) is 8.15. The fraction of sp³-hybridized carbons (Fsp3) is 0.200. The molecule has 1 aromatic carbocycles. The third-order valence-electron chi connectivity index (χ3n) is 1.86. The first-order valence-electron chi connectivity index (χ1n) is 4.43. The Labute approximate surface area is 117 Å². The van der Waals surface area contributed by atoms with Gasteiger partial charge in [0.1, 0.15) is 0 Å². The quantitative estimate of drug-likeness (QED) is 0.743. The predicted molar refractivity (Wildman–Crippen MR) is 62.4 cm³/mol. The topological polar surface area (TPSA) is 66.4 Å². The third-order valence-corrected chi connectivity index (χ3v) is 2.90. The molecule has 0 unspecified atom stereocenters. The summed E-state index contributed by atoms with van der Waals surface area (Å²) in [5, 5.41) is 10.2. The molecule has 0 aromatic heterocycles. The zero-order chi connectivity index (χ0) is 14.1. The normalized spacial score (nSPS) is 11.2. The number of alkyl halides is 2. The maximum atomic E-state index is 12.9. The van der Waals surface area contributed by atoms with Crippen molar-refractivity contribution < 1.29 is 28.2 Å². The number of Topliss-reactive ketones (excluding diaryl/α,β-unsaturated/α-hetero) is 1. The number of aliphatic carboxylic acids is 1. The monoisotopic (exact) mass is 385 g/mol. The summed E-state index contributed by atoms with van der Waals surface area (Å²) in [5.41, 5.74) is -0.183. The van der Waals surface area contributed by atoms with Gasteiger partial charge in [-0.25, -0.2) is 0 Å². The third kappa shape index (κ3) is 3.26. The van der Waals surface area contributed by atoms with Crippen molar-refractivity contribution in [2.45, 2.75) is 13.0 Å². The molecule has 0 amide bonds. The molecule has 1 rings (SSSR count). The molecule has 0 N–H and O–H groups in total. The standard InChI is InChI=1S/C10H6Br2F2O4/c1-4(15)6-2-5(11)3-7(12)8(6)18-10(13,14)9(16)17/h2-3H,1H3,(H,16,17)/p-1. The molecular formula is C10H5Br2F2O4-. The van der Waals surface area contributed by atoms with Crippen LogP contribution in [0.15, 0.2) is 21.1 Å². The number of carbonyl (C=O) groups is 2. The van der Waals surface area contributed by atoms with E-state index in [1.165, 1.54) is 12.1 Å². The van der Waals surface area contributed by atoms with Gasteiger partial charge in [0.15, 0.2) is 17.5 Å². The van der Waals surface area contributed by atoms with Gasteiger partial charge < -0.3 is 14.6 Å². The molecule has 0 spiro atoms. The largest absolute Gasteiger partial charge is 0.541 e. The maximum Gasteiger partial charge on any atom is 0.441 e. The number of carboxylic acid groups (broad SMARTS) is 1. The second kappa shape index (κ2) is 5.31. The summed E-state index contributed by atoms with van der Waals surface area (Å²) in [7, 11) is 0. The van der Waals surface area contributed by atoms with Crippen LogP contribution in [0.1, 0.15) is 17.3 Å². The van der Waals surface area contributed by atoms with E-state index in [4.69, 9.17) is 0 Å². The summed E-state index contributed by atoms with van der Waals surface area (Å²) in [6.45, 7) is 1.14. The molecule has 0 saturated heterocycles. The number of carboxylic acids is 1. The molecule has 0 aliphatic rings. The fourth-order valence-electron chi connectivity index (χ4n) is 1.10. The van der Waals surface area contributed by atoms with E-state index in [0.29, 0.717) is 4.47 Å². The zero-order valence-corrected chi connectivity index (χ0v) is 12.0. The van der Waals surface area contributed by atoms with Crippen LogP contribution >= 0.6 is 31.9 Å². The highest BCUT2D eigenvalue weighted by Crippen LogP contribution is 2.36. The molecule has 0 aliphatic heterocycles. The van der Waals surface area contributed by atoms with Crippen LogP contribution in [0, 0.1) is 0 Å². The van der Waals surface area contributed by atoms with Crippen LogP contribution < -0.4 is 9.84 Å². The molecule has 98 valence electrons. The Hall–Kier alpha value is -1.02. The van der Waals surface area contributed by atoms with E-state index >= 15 is 0 Å². The van der Waals surface area contributed by atoms with Crippen LogP contribution in [0.4, 0.5) is 8.78 Å². The van der Waals surface area contributed by atoms with Crippen LogP contribution in [0.3, 0.4) is 0 Å². The summed E-state index contributed by atoms with van der Waals surface area (Å²) in [6, 6.07) is 2.58. The second-order valence-corrected chi connectivity index (χ2v) is 5.00. The first-order valence-corrected chi connectivity index (χ1v) is 6.02. The van der Waals surface area contributed by atoms with E-state index in [2.05, 4.69) is 36.6 Å².